The van der Waals surface area contributed by atoms with Gasteiger partial charge in [-0.2, -0.15) is 0 Å². The van der Waals surface area contributed by atoms with Crippen LogP contribution in [0.15, 0.2) is 22.7 Å². The van der Waals surface area contributed by atoms with E-state index in [-0.39, 0.29) is 12.4 Å². The summed E-state index contributed by atoms with van der Waals surface area (Å²) in [5.41, 5.74) is 7.19. The Kier molecular flexibility index (Phi) is 5.44. The van der Waals surface area contributed by atoms with Crippen molar-refractivity contribution in [3.05, 3.63) is 28.2 Å². The van der Waals surface area contributed by atoms with Crippen molar-refractivity contribution in [1.29, 1.82) is 5.41 Å². The van der Waals surface area contributed by atoms with Crippen LogP contribution in [0.25, 0.3) is 0 Å². The van der Waals surface area contributed by atoms with Gasteiger partial charge in [0.05, 0.1) is 12.2 Å². The van der Waals surface area contributed by atoms with Crippen molar-refractivity contribution < 1.29 is 5.11 Å². The van der Waals surface area contributed by atoms with Crippen molar-refractivity contribution in [2.45, 2.75) is 13.3 Å². The fourth-order valence-electron chi connectivity index (χ4n) is 1.79. The molecule has 94 valence electrons. The zero-order chi connectivity index (χ0) is 12.8. The van der Waals surface area contributed by atoms with E-state index in [1.54, 1.807) is 0 Å². The molecular formula is C12H18BrN3O. The monoisotopic (exact) mass is 299 g/mol. The van der Waals surface area contributed by atoms with Gasteiger partial charge in [0.1, 0.15) is 5.84 Å². The highest BCUT2D eigenvalue weighted by Crippen LogP contribution is 2.27. The Morgan fingerprint density at radius 2 is 2.18 bits per heavy atom. The molecule has 17 heavy (non-hydrogen) atoms. The number of amidine groups is 1. The SMILES string of the molecule is CCCN(CCO)c1cccc(Br)c1C(=N)N. The number of nitrogens with zero attached hydrogens (tertiary/aromatic N) is 1. The molecule has 0 aromatic heterocycles. The van der Waals surface area contributed by atoms with E-state index >= 15 is 0 Å². The van der Waals surface area contributed by atoms with Gasteiger partial charge in [-0.1, -0.05) is 13.0 Å². The average Bonchev–Trinajstić information content (AvgIpc) is 2.28. The molecule has 0 heterocycles. The van der Waals surface area contributed by atoms with Crippen LogP contribution in [0.3, 0.4) is 0 Å². The molecule has 0 aliphatic carbocycles. The second-order valence-corrected chi connectivity index (χ2v) is 4.61. The summed E-state index contributed by atoms with van der Waals surface area (Å²) in [4.78, 5) is 2.04. The van der Waals surface area contributed by atoms with Crippen LogP contribution >= 0.6 is 15.9 Å². The van der Waals surface area contributed by atoms with Gasteiger partial charge in [-0.05, 0) is 34.5 Å². The topological polar surface area (TPSA) is 73.3 Å². The number of anilines is 1. The number of nitrogens with two attached hydrogens (primary N) is 1. The summed E-state index contributed by atoms with van der Waals surface area (Å²) >= 11 is 3.41. The summed E-state index contributed by atoms with van der Waals surface area (Å²) in [7, 11) is 0. The Labute approximate surface area is 110 Å². The van der Waals surface area contributed by atoms with Crippen LogP contribution in [0.1, 0.15) is 18.9 Å². The molecule has 0 bridgehead atoms. The molecule has 0 amide bonds. The molecule has 0 unspecified atom stereocenters. The minimum absolute atomic E-state index is 0.0338. The van der Waals surface area contributed by atoms with E-state index < -0.39 is 0 Å². The van der Waals surface area contributed by atoms with Crippen molar-refractivity contribution in [3.63, 3.8) is 0 Å². The van der Waals surface area contributed by atoms with Gasteiger partial charge < -0.3 is 15.7 Å². The molecule has 0 saturated carbocycles. The molecule has 5 heteroatoms. The van der Waals surface area contributed by atoms with Crippen LogP contribution < -0.4 is 10.6 Å². The van der Waals surface area contributed by atoms with Crippen molar-refractivity contribution in [2.24, 2.45) is 5.73 Å². The summed E-state index contributed by atoms with van der Waals surface area (Å²) < 4.78 is 0.807. The van der Waals surface area contributed by atoms with E-state index in [1.165, 1.54) is 0 Å². The fraction of sp³-hybridized carbons (Fsp3) is 0.417. The third-order valence-corrected chi connectivity index (χ3v) is 3.13. The Bertz CT molecular complexity index is 389. The van der Waals surface area contributed by atoms with Crippen molar-refractivity contribution in [1.82, 2.24) is 0 Å². The lowest BCUT2D eigenvalue weighted by molar-refractivity contribution is 0.302. The average molecular weight is 300 g/mol. The predicted molar refractivity (Wildman–Crippen MR) is 74.7 cm³/mol. The largest absolute Gasteiger partial charge is 0.395 e. The van der Waals surface area contributed by atoms with Gasteiger partial charge in [0.25, 0.3) is 0 Å². The minimum Gasteiger partial charge on any atom is -0.395 e. The first-order valence-electron chi connectivity index (χ1n) is 5.60. The maximum atomic E-state index is 9.09. The third kappa shape index (κ3) is 3.44. The molecule has 0 radical (unpaired) electrons. The van der Waals surface area contributed by atoms with Crippen molar-refractivity contribution >= 4 is 27.5 Å². The van der Waals surface area contributed by atoms with Crippen LogP contribution in [0.5, 0.6) is 0 Å². The number of nitrogen functional groups attached to an aromatic ring is 1. The van der Waals surface area contributed by atoms with Gasteiger partial charge in [0, 0.05) is 23.2 Å². The zero-order valence-electron chi connectivity index (χ0n) is 9.91. The van der Waals surface area contributed by atoms with E-state index in [9.17, 15) is 0 Å². The van der Waals surface area contributed by atoms with Crippen LogP contribution in [0, 0.1) is 5.41 Å². The Morgan fingerprint density at radius 1 is 1.47 bits per heavy atom. The summed E-state index contributed by atoms with van der Waals surface area (Å²) in [6.07, 6.45) is 0.976. The normalized spacial score (nSPS) is 10.3. The number of aliphatic hydroxyl groups excluding tert-OH is 1. The summed E-state index contributed by atoms with van der Waals surface area (Å²) in [5.74, 6) is 0.0338. The molecule has 0 saturated heterocycles. The standard InChI is InChI=1S/C12H18BrN3O/c1-2-6-16(7-8-17)10-5-3-4-9(13)11(10)12(14)15/h3-5,17H,2,6-8H2,1H3,(H3,14,15). The van der Waals surface area contributed by atoms with Gasteiger partial charge in [-0.3, -0.25) is 5.41 Å². The quantitative estimate of drug-likeness (QED) is 0.555. The molecule has 1 aromatic carbocycles. The minimum atomic E-state index is 0.0338. The van der Waals surface area contributed by atoms with Gasteiger partial charge in [-0.15, -0.1) is 0 Å². The second-order valence-electron chi connectivity index (χ2n) is 3.76. The highest BCUT2D eigenvalue weighted by atomic mass is 79.9. The number of nitrogens with one attached hydrogen (secondary N) is 1. The first-order chi connectivity index (χ1) is 8.11. The smallest absolute Gasteiger partial charge is 0.126 e. The molecule has 0 fully saturated rings. The lowest BCUT2D eigenvalue weighted by Gasteiger charge is -2.26. The Morgan fingerprint density at radius 3 is 2.71 bits per heavy atom. The van der Waals surface area contributed by atoms with Crippen LogP contribution in [0.2, 0.25) is 0 Å². The summed E-state index contributed by atoms with van der Waals surface area (Å²) in [6, 6.07) is 5.70. The maximum absolute atomic E-state index is 9.09. The zero-order valence-corrected chi connectivity index (χ0v) is 11.5. The predicted octanol–water partition coefficient (Wildman–Crippen LogP) is 1.94. The molecule has 1 aromatic rings. The van der Waals surface area contributed by atoms with Crippen LogP contribution in [-0.4, -0.2) is 30.6 Å². The highest BCUT2D eigenvalue weighted by molar-refractivity contribution is 9.10. The number of benzene rings is 1. The number of halogens is 1. The molecule has 4 N–H and O–H groups in total. The van der Waals surface area contributed by atoms with E-state index in [0.717, 1.165) is 23.1 Å². The lowest BCUT2D eigenvalue weighted by atomic mass is 10.1. The number of hydrogen-bond acceptors (Lipinski definition) is 3. The molecule has 4 nitrogen and oxygen atoms in total. The summed E-state index contributed by atoms with van der Waals surface area (Å²) in [6.45, 7) is 3.54. The first kappa shape index (κ1) is 14.0. The maximum Gasteiger partial charge on any atom is 0.126 e. The molecular weight excluding hydrogens is 282 g/mol. The van der Waals surface area contributed by atoms with Crippen molar-refractivity contribution in [2.75, 3.05) is 24.6 Å². The van der Waals surface area contributed by atoms with Crippen LogP contribution in [0.4, 0.5) is 5.69 Å². The van der Waals surface area contributed by atoms with E-state index in [0.29, 0.717) is 12.1 Å². The van der Waals surface area contributed by atoms with E-state index in [2.05, 4.69) is 22.9 Å². The van der Waals surface area contributed by atoms with Gasteiger partial charge in [-0.25, -0.2) is 0 Å². The first-order valence-corrected chi connectivity index (χ1v) is 6.39. The molecule has 0 spiro atoms. The van der Waals surface area contributed by atoms with Crippen LogP contribution in [-0.2, 0) is 0 Å². The lowest BCUT2D eigenvalue weighted by Crippen LogP contribution is -2.30. The fourth-order valence-corrected chi connectivity index (χ4v) is 2.36. The number of aliphatic hydroxyl groups is 1. The van der Waals surface area contributed by atoms with Crippen molar-refractivity contribution in [3.8, 4) is 0 Å². The summed E-state index contributed by atoms with van der Waals surface area (Å²) in [5, 5.41) is 16.7. The molecule has 1 rings (SSSR count). The Balaban J connectivity index is 3.17. The second kappa shape index (κ2) is 6.61. The van der Waals surface area contributed by atoms with E-state index in [4.69, 9.17) is 16.2 Å². The Hall–Kier alpha value is -1.07. The van der Waals surface area contributed by atoms with Gasteiger partial charge >= 0.3 is 0 Å². The van der Waals surface area contributed by atoms with Gasteiger partial charge in [0.15, 0.2) is 0 Å². The van der Waals surface area contributed by atoms with Gasteiger partial charge in [0.2, 0.25) is 0 Å². The molecule has 0 aliphatic heterocycles. The third-order valence-electron chi connectivity index (χ3n) is 2.47. The van der Waals surface area contributed by atoms with E-state index in [1.807, 2.05) is 23.1 Å². The number of hydrogen-bond donors (Lipinski definition) is 3. The molecule has 0 aliphatic rings. The number of rotatable bonds is 6. The molecule has 0 atom stereocenters. The highest BCUT2D eigenvalue weighted by Gasteiger charge is 2.14.